The lowest BCUT2D eigenvalue weighted by Crippen LogP contribution is -2.14. The molecule has 0 amide bonds. The molecule has 4 rings (SSSR count). The van der Waals surface area contributed by atoms with Crippen LogP contribution in [0.4, 0.5) is 5.69 Å². The van der Waals surface area contributed by atoms with E-state index in [0.29, 0.717) is 24.9 Å². The maximum absolute atomic E-state index is 12.3. The predicted molar refractivity (Wildman–Crippen MR) is 103 cm³/mol. The van der Waals surface area contributed by atoms with Crippen molar-refractivity contribution in [1.29, 1.82) is 0 Å². The summed E-state index contributed by atoms with van der Waals surface area (Å²) in [6.45, 7) is 2.57. The van der Waals surface area contributed by atoms with Gasteiger partial charge in [-0.15, -0.1) is 10.2 Å². The Bertz CT molecular complexity index is 946. The highest BCUT2D eigenvalue weighted by atomic mass is 16.5. The molecule has 1 N–H and O–H groups in total. The molecule has 7 nitrogen and oxygen atoms in total. The van der Waals surface area contributed by atoms with Crippen LogP contribution in [0, 0.1) is 0 Å². The fourth-order valence-corrected chi connectivity index (χ4v) is 3.60. The molecule has 1 aliphatic carbocycles. The molecule has 140 valence electrons. The Balaban J connectivity index is 1.60. The largest absolute Gasteiger partial charge is 0.461 e. The van der Waals surface area contributed by atoms with Gasteiger partial charge in [-0.25, -0.2) is 4.79 Å². The van der Waals surface area contributed by atoms with Crippen molar-refractivity contribution in [3.8, 4) is 0 Å². The minimum atomic E-state index is -0.477. The van der Waals surface area contributed by atoms with Crippen LogP contribution in [0.1, 0.15) is 54.8 Å². The first-order valence-corrected chi connectivity index (χ1v) is 9.46. The zero-order valence-electron chi connectivity index (χ0n) is 15.4. The summed E-state index contributed by atoms with van der Waals surface area (Å²) in [5.41, 5.74) is 2.49. The Morgan fingerprint density at radius 2 is 2.04 bits per heavy atom. The molecular formula is C20H23N5O2. The minimum Gasteiger partial charge on any atom is -0.461 e. The first-order valence-electron chi connectivity index (χ1n) is 9.46. The van der Waals surface area contributed by atoms with Gasteiger partial charge < -0.3 is 10.1 Å². The minimum absolute atomic E-state index is 0.200. The lowest BCUT2D eigenvalue weighted by molar-refractivity contribution is 0.0519. The van der Waals surface area contributed by atoms with Gasteiger partial charge in [-0.05, 0) is 31.9 Å². The number of benzene rings is 1. The quantitative estimate of drug-likeness (QED) is 0.670. The highest BCUT2D eigenvalue weighted by molar-refractivity contribution is 6.03. The molecule has 7 heteroatoms. The fourth-order valence-electron chi connectivity index (χ4n) is 3.60. The van der Waals surface area contributed by atoms with Crippen molar-refractivity contribution in [2.45, 2.75) is 45.2 Å². The highest BCUT2D eigenvalue weighted by Crippen LogP contribution is 2.29. The van der Waals surface area contributed by atoms with Gasteiger partial charge in [-0.3, -0.25) is 4.68 Å². The SMILES string of the molecule is CCOC(=O)c1nnc2ccccc2c1NCc1ccn(C2CCCC2)n1. The lowest BCUT2D eigenvalue weighted by atomic mass is 10.1. The van der Waals surface area contributed by atoms with E-state index in [-0.39, 0.29) is 5.69 Å². The average Bonchev–Trinajstić information content (AvgIpc) is 3.37. The topological polar surface area (TPSA) is 81.9 Å². The van der Waals surface area contributed by atoms with Gasteiger partial charge >= 0.3 is 5.97 Å². The van der Waals surface area contributed by atoms with Crippen molar-refractivity contribution in [2.75, 3.05) is 11.9 Å². The van der Waals surface area contributed by atoms with Crippen LogP contribution in [0.5, 0.6) is 0 Å². The Morgan fingerprint density at radius 1 is 1.22 bits per heavy atom. The molecule has 3 aromatic rings. The molecule has 0 atom stereocenters. The maximum atomic E-state index is 12.3. The van der Waals surface area contributed by atoms with Gasteiger partial charge in [0.25, 0.3) is 0 Å². The Morgan fingerprint density at radius 3 is 2.85 bits per heavy atom. The molecular weight excluding hydrogens is 342 g/mol. The van der Waals surface area contributed by atoms with Crippen LogP contribution in [0.2, 0.25) is 0 Å². The van der Waals surface area contributed by atoms with Gasteiger partial charge in [0, 0.05) is 11.6 Å². The van der Waals surface area contributed by atoms with Crippen molar-refractivity contribution in [3.05, 3.63) is 47.9 Å². The molecule has 0 aliphatic heterocycles. The van der Waals surface area contributed by atoms with Gasteiger partial charge in [0.2, 0.25) is 0 Å². The van der Waals surface area contributed by atoms with E-state index < -0.39 is 5.97 Å². The monoisotopic (exact) mass is 365 g/mol. The van der Waals surface area contributed by atoms with Crippen LogP contribution in [-0.2, 0) is 11.3 Å². The Kier molecular flexibility index (Phi) is 5.00. The number of hydrogen-bond acceptors (Lipinski definition) is 6. The summed E-state index contributed by atoms with van der Waals surface area (Å²) < 4.78 is 7.21. The lowest BCUT2D eigenvalue weighted by Gasteiger charge is -2.12. The third kappa shape index (κ3) is 3.63. The number of nitrogens with zero attached hydrogens (tertiary/aromatic N) is 4. The van der Waals surface area contributed by atoms with Gasteiger partial charge in [-0.2, -0.15) is 5.10 Å². The number of hydrogen-bond donors (Lipinski definition) is 1. The Labute approximate surface area is 157 Å². The fraction of sp³-hybridized carbons (Fsp3) is 0.400. The maximum Gasteiger partial charge on any atom is 0.361 e. The van der Waals surface area contributed by atoms with Crippen LogP contribution in [0.25, 0.3) is 10.9 Å². The summed E-state index contributed by atoms with van der Waals surface area (Å²) in [5, 5.41) is 17.1. The first kappa shape index (κ1) is 17.5. The molecule has 0 bridgehead atoms. The van der Waals surface area contributed by atoms with Crippen molar-refractivity contribution in [2.24, 2.45) is 0 Å². The number of anilines is 1. The van der Waals surface area contributed by atoms with E-state index in [4.69, 9.17) is 9.84 Å². The number of nitrogens with one attached hydrogen (secondary N) is 1. The average molecular weight is 365 g/mol. The second-order valence-corrected chi connectivity index (χ2v) is 6.74. The van der Waals surface area contributed by atoms with Gasteiger partial charge in [0.15, 0.2) is 5.69 Å². The number of carbonyl (C=O) groups is 1. The molecule has 0 radical (unpaired) electrons. The number of ether oxygens (including phenoxy) is 1. The highest BCUT2D eigenvalue weighted by Gasteiger charge is 2.20. The zero-order valence-corrected chi connectivity index (χ0v) is 15.4. The van der Waals surface area contributed by atoms with Gasteiger partial charge in [0.05, 0.1) is 36.1 Å². The number of esters is 1. The van der Waals surface area contributed by atoms with Crippen LogP contribution in [0.15, 0.2) is 36.5 Å². The number of aromatic nitrogens is 4. The number of rotatable bonds is 6. The third-order valence-electron chi connectivity index (χ3n) is 4.95. The summed E-state index contributed by atoms with van der Waals surface area (Å²) in [4.78, 5) is 12.3. The van der Waals surface area contributed by atoms with E-state index in [9.17, 15) is 4.79 Å². The standard InChI is InChI=1S/C20H23N5O2/c1-2-27-20(26)19-18(16-9-5-6-10-17(16)22-23-19)21-13-14-11-12-25(24-14)15-7-3-4-8-15/h5-6,9-12,15H,2-4,7-8,13H2,1H3,(H,21,22). The summed E-state index contributed by atoms with van der Waals surface area (Å²) in [6.07, 6.45) is 6.98. The van der Waals surface area contributed by atoms with Crippen LogP contribution >= 0.6 is 0 Å². The summed E-state index contributed by atoms with van der Waals surface area (Å²) in [7, 11) is 0. The van der Waals surface area contributed by atoms with Crippen LogP contribution in [0.3, 0.4) is 0 Å². The third-order valence-corrected chi connectivity index (χ3v) is 4.95. The Hall–Kier alpha value is -2.96. The van der Waals surface area contributed by atoms with E-state index in [0.717, 1.165) is 16.6 Å². The summed E-state index contributed by atoms with van der Waals surface area (Å²) in [6, 6.07) is 10.1. The second-order valence-electron chi connectivity index (χ2n) is 6.74. The molecule has 1 aliphatic rings. The second kappa shape index (κ2) is 7.73. The zero-order chi connectivity index (χ0) is 18.6. The van der Waals surface area contributed by atoms with E-state index in [1.165, 1.54) is 25.7 Å². The van der Waals surface area contributed by atoms with Crippen molar-refractivity contribution >= 4 is 22.6 Å². The van der Waals surface area contributed by atoms with E-state index >= 15 is 0 Å². The van der Waals surface area contributed by atoms with Crippen molar-refractivity contribution in [3.63, 3.8) is 0 Å². The number of carbonyl (C=O) groups excluding carboxylic acids is 1. The predicted octanol–water partition coefficient (Wildman–Crippen LogP) is 3.73. The molecule has 1 saturated carbocycles. The van der Waals surface area contributed by atoms with Crippen molar-refractivity contribution in [1.82, 2.24) is 20.0 Å². The molecule has 1 fully saturated rings. The summed E-state index contributed by atoms with van der Waals surface area (Å²) in [5.74, 6) is -0.477. The van der Waals surface area contributed by atoms with E-state index in [1.807, 2.05) is 36.5 Å². The van der Waals surface area contributed by atoms with Gasteiger partial charge in [-0.1, -0.05) is 31.0 Å². The van der Waals surface area contributed by atoms with Crippen molar-refractivity contribution < 1.29 is 9.53 Å². The molecule has 2 heterocycles. The van der Waals surface area contributed by atoms with E-state index in [1.54, 1.807) is 6.92 Å². The normalized spacial score (nSPS) is 14.6. The molecule has 0 unspecified atom stereocenters. The number of fused-ring (bicyclic) bond motifs is 1. The van der Waals surface area contributed by atoms with Crippen LogP contribution < -0.4 is 5.32 Å². The smallest absolute Gasteiger partial charge is 0.361 e. The van der Waals surface area contributed by atoms with E-state index in [2.05, 4.69) is 20.2 Å². The molecule has 0 saturated heterocycles. The summed E-state index contributed by atoms with van der Waals surface area (Å²) >= 11 is 0. The van der Waals surface area contributed by atoms with Gasteiger partial charge in [0.1, 0.15) is 0 Å². The molecule has 27 heavy (non-hydrogen) atoms. The molecule has 2 aromatic heterocycles. The van der Waals surface area contributed by atoms with Crippen LogP contribution in [-0.4, -0.2) is 32.6 Å². The molecule has 1 aromatic carbocycles. The first-order chi connectivity index (χ1) is 13.3. The molecule has 0 spiro atoms.